The van der Waals surface area contributed by atoms with Crippen molar-refractivity contribution in [2.24, 2.45) is 0 Å². The molecule has 4 heterocycles. The molecule has 9 nitrogen and oxygen atoms in total. The van der Waals surface area contributed by atoms with Gasteiger partial charge in [-0.3, -0.25) is 10.3 Å². The maximum Gasteiger partial charge on any atom is 0.175 e. The number of fused-ring (bicyclic) bond motifs is 1. The molecule has 2 N–H and O–H groups in total. The zero-order valence-corrected chi connectivity index (χ0v) is 22.2. The van der Waals surface area contributed by atoms with Crippen LogP contribution in [-0.2, 0) is 13.1 Å². The summed E-state index contributed by atoms with van der Waals surface area (Å²) in [5, 5.41) is 17.6. The van der Waals surface area contributed by atoms with E-state index in [0.717, 1.165) is 34.0 Å². The highest BCUT2D eigenvalue weighted by Crippen LogP contribution is 2.38. The molecule has 192 valence electrons. The molecule has 2 unspecified atom stereocenters. The van der Waals surface area contributed by atoms with Crippen LogP contribution in [0.3, 0.4) is 0 Å². The van der Waals surface area contributed by atoms with Gasteiger partial charge in [-0.1, -0.05) is 22.8 Å². The van der Waals surface area contributed by atoms with Gasteiger partial charge in [-0.2, -0.15) is 0 Å². The maximum absolute atomic E-state index is 10.0. The summed E-state index contributed by atoms with van der Waals surface area (Å²) in [5.41, 5.74) is 6.06. The van der Waals surface area contributed by atoms with Crippen LogP contribution >= 0.6 is 11.6 Å². The molecule has 0 amide bonds. The minimum Gasteiger partial charge on any atom is -0.473 e. The molecule has 10 heteroatoms. The first-order valence-corrected chi connectivity index (χ1v) is 12.5. The number of aryl methyl sites for hydroxylation is 2. The number of aliphatic hydroxyl groups is 1. The fourth-order valence-electron chi connectivity index (χ4n) is 4.64. The second kappa shape index (κ2) is 10.1. The molecule has 1 aromatic carbocycles. The van der Waals surface area contributed by atoms with E-state index in [9.17, 15) is 5.11 Å². The van der Waals surface area contributed by atoms with Gasteiger partial charge < -0.3 is 19.3 Å². The summed E-state index contributed by atoms with van der Waals surface area (Å²) in [5.74, 6) is 2.45. The van der Waals surface area contributed by atoms with Gasteiger partial charge in [0.1, 0.15) is 23.4 Å². The fraction of sp³-hybridized carbons (Fsp3) is 0.333. The number of benzene rings is 1. The van der Waals surface area contributed by atoms with Crippen molar-refractivity contribution in [1.82, 2.24) is 25.4 Å². The SMILES string of the molecule is CNC(Oc1ccc(Cl)c(-c2nc(-c3c(C)noc3C)c(C)c(N3Cc4cccnc4C3)n2)c1)C(C)O. The van der Waals surface area contributed by atoms with E-state index in [1.807, 2.05) is 33.0 Å². The molecule has 3 aromatic heterocycles. The second-order valence-electron chi connectivity index (χ2n) is 9.22. The summed E-state index contributed by atoms with van der Waals surface area (Å²) < 4.78 is 11.4. The van der Waals surface area contributed by atoms with Gasteiger partial charge in [0.15, 0.2) is 12.1 Å². The number of rotatable bonds is 7. The van der Waals surface area contributed by atoms with Crippen molar-refractivity contribution in [3.63, 3.8) is 0 Å². The molecular formula is C27H29ClN6O3. The van der Waals surface area contributed by atoms with Crippen LogP contribution in [0.2, 0.25) is 5.02 Å². The van der Waals surface area contributed by atoms with Gasteiger partial charge in [-0.25, -0.2) is 9.97 Å². The smallest absolute Gasteiger partial charge is 0.175 e. The lowest BCUT2D eigenvalue weighted by Crippen LogP contribution is -2.40. The third-order valence-corrected chi connectivity index (χ3v) is 6.87. The number of halogens is 1. The number of nitrogens with zero attached hydrogens (tertiary/aromatic N) is 5. The Bertz CT molecular complexity index is 1410. The first kappa shape index (κ1) is 25.1. The average molecular weight is 521 g/mol. The molecule has 0 fully saturated rings. The number of hydrogen-bond acceptors (Lipinski definition) is 9. The largest absolute Gasteiger partial charge is 0.473 e. The van der Waals surface area contributed by atoms with E-state index in [2.05, 4.69) is 26.4 Å². The number of nitrogens with one attached hydrogen (secondary N) is 1. The van der Waals surface area contributed by atoms with Crippen molar-refractivity contribution in [1.29, 1.82) is 0 Å². The van der Waals surface area contributed by atoms with Crippen LogP contribution in [0.25, 0.3) is 22.6 Å². The van der Waals surface area contributed by atoms with Crippen LogP contribution in [-0.4, -0.2) is 44.6 Å². The molecule has 5 rings (SSSR count). The van der Waals surface area contributed by atoms with Crippen molar-refractivity contribution in [2.75, 3.05) is 11.9 Å². The van der Waals surface area contributed by atoms with E-state index in [1.165, 1.54) is 5.56 Å². The molecular weight excluding hydrogens is 492 g/mol. The Hall–Kier alpha value is -3.53. The lowest BCUT2D eigenvalue weighted by atomic mass is 10.0. The van der Waals surface area contributed by atoms with E-state index in [-0.39, 0.29) is 0 Å². The minimum atomic E-state index is -0.720. The summed E-state index contributed by atoms with van der Waals surface area (Å²) >= 11 is 6.67. The lowest BCUT2D eigenvalue weighted by Gasteiger charge is -2.23. The quantitative estimate of drug-likeness (QED) is 0.338. The molecule has 0 bridgehead atoms. The monoisotopic (exact) mass is 520 g/mol. The average Bonchev–Trinajstić information content (AvgIpc) is 3.46. The second-order valence-corrected chi connectivity index (χ2v) is 9.63. The molecule has 1 aliphatic rings. The molecule has 4 aromatic rings. The normalized spacial score (nSPS) is 14.5. The Kier molecular flexibility index (Phi) is 6.85. The van der Waals surface area contributed by atoms with Gasteiger partial charge in [0, 0.05) is 23.9 Å². The molecule has 0 aliphatic carbocycles. The van der Waals surface area contributed by atoms with Gasteiger partial charge in [0.25, 0.3) is 0 Å². The van der Waals surface area contributed by atoms with Crippen LogP contribution in [0.4, 0.5) is 5.82 Å². The first-order chi connectivity index (χ1) is 17.8. The molecule has 1 aliphatic heterocycles. The Morgan fingerprint density at radius 2 is 1.97 bits per heavy atom. The van der Waals surface area contributed by atoms with Crippen LogP contribution in [0.1, 0.15) is 35.2 Å². The Labute approximate surface area is 220 Å². The Morgan fingerprint density at radius 3 is 2.65 bits per heavy atom. The van der Waals surface area contributed by atoms with E-state index >= 15 is 0 Å². The topological polar surface area (TPSA) is 109 Å². The molecule has 0 radical (unpaired) electrons. The predicted molar refractivity (Wildman–Crippen MR) is 141 cm³/mol. The lowest BCUT2D eigenvalue weighted by molar-refractivity contribution is 0.0321. The highest BCUT2D eigenvalue weighted by Gasteiger charge is 2.27. The van der Waals surface area contributed by atoms with E-state index in [4.69, 9.17) is 30.8 Å². The maximum atomic E-state index is 10.0. The summed E-state index contributed by atoms with van der Waals surface area (Å²) in [7, 11) is 1.72. The Balaban J connectivity index is 1.65. The highest BCUT2D eigenvalue weighted by atomic mass is 35.5. The summed E-state index contributed by atoms with van der Waals surface area (Å²) in [6.07, 6.45) is 0.507. The third-order valence-electron chi connectivity index (χ3n) is 6.54. The zero-order valence-electron chi connectivity index (χ0n) is 21.4. The predicted octanol–water partition coefficient (Wildman–Crippen LogP) is 4.60. The van der Waals surface area contributed by atoms with Gasteiger partial charge >= 0.3 is 0 Å². The summed E-state index contributed by atoms with van der Waals surface area (Å²) in [6.45, 7) is 8.78. The highest BCUT2D eigenvalue weighted by molar-refractivity contribution is 6.33. The third kappa shape index (κ3) is 4.77. The van der Waals surface area contributed by atoms with Crippen molar-refractivity contribution in [2.45, 2.75) is 53.1 Å². The molecule has 0 saturated heterocycles. The van der Waals surface area contributed by atoms with Gasteiger partial charge in [0.05, 0.1) is 34.2 Å². The molecule has 37 heavy (non-hydrogen) atoms. The molecule has 0 saturated carbocycles. The summed E-state index contributed by atoms with van der Waals surface area (Å²) in [4.78, 5) is 16.7. The van der Waals surface area contributed by atoms with Gasteiger partial charge in [0.2, 0.25) is 0 Å². The van der Waals surface area contributed by atoms with Crippen molar-refractivity contribution in [3.8, 4) is 28.4 Å². The van der Waals surface area contributed by atoms with E-state index in [1.54, 1.807) is 32.2 Å². The number of anilines is 1. The number of hydrogen-bond donors (Lipinski definition) is 2. The fourth-order valence-corrected chi connectivity index (χ4v) is 4.84. The minimum absolute atomic E-state index is 0.452. The number of aromatic nitrogens is 4. The molecule has 0 spiro atoms. The van der Waals surface area contributed by atoms with Crippen molar-refractivity contribution in [3.05, 3.63) is 69.8 Å². The molecule has 2 atom stereocenters. The number of aliphatic hydroxyl groups excluding tert-OH is 1. The van der Waals surface area contributed by atoms with Crippen LogP contribution < -0.4 is 15.0 Å². The van der Waals surface area contributed by atoms with Gasteiger partial charge in [-0.05, 0) is 64.6 Å². The van der Waals surface area contributed by atoms with Gasteiger partial charge in [-0.15, -0.1) is 0 Å². The van der Waals surface area contributed by atoms with Crippen molar-refractivity contribution >= 4 is 17.4 Å². The number of likely N-dealkylation sites (N-methyl/N-ethyl adjacent to an activating group) is 1. The number of ether oxygens (including phenoxy) is 1. The first-order valence-electron chi connectivity index (χ1n) is 12.1. The van der Waals surface area contributed by atoms with Crippen molar-refractivity contribution < 1.29 is 14.4 Å². The van der Waals surface area contributed by atoms with Crippen LogP contribution in [0, 0.1) is 20.8 Å². The van der Waals surface area contributed by atoms with Crippen LogP contribution in [0.15, 0.2) is 41.1 Å². The van der Waals surface area contributed by atoms with E-state index in [0.29, 0.717) is 41.0 Å². The Morgan fingerprint density at radius 1 is 1.16 bits per heavy atom. The zero-order chi connectivity index (χ0) is 26.3. The summed E-state index contributed by atoms with van der Waals surface area (Å²) in [6, 6.07) is 9.33. The number of pyridine rings is 1. The van der Waals surface area contributed by atoms with E-state index < -0.39 is 12.3 Å². The standard InChI is InChI=1S/C27H29ClN6O3/c1-14-24(23-15(2)33-37-17(23)4)31-25(32-26(14)34-12-18-7-6-10-30-22(18)13-34)20-11-19(8-9-21(20)28)36-27(29-5)16(3)35/h6-11,16,27,29,35H,12-13H2,1-5H3. The van der Waals surface area contributed by atoms with Crippen LogP contribution in [0.5, 0.6) is 5.75 Å².